The van der Waals surface area contributed by atoms with E-state index in [1.807, 2.05) is 6.20 Å². The van der Waals surface area contributed by atoms with Gasteiger partial charge in [-0.3, -0.25) is 0 Å². The molecule has 0 aliphatic heterocycles. The summed E-state index contributed by atoms with van der Waals surface area (Å²) in [4.78, 5) is 7.64. The van der Waals surface area contributed by atoms with E-state index in [9.17, 15) is 4.39 Å². The minimum atomic E-state index is -0.219. The zero-order valence-corrected chi connectivity index (χ0v) is 11.0. The monoisotopic (exact) mass is 261 g/mol. The second-order valence-electron chi connectivity index (χ2n) is 4.70. The third kappa shape index (κ3) is 4.17. The first kappa shape index (κ1) is 13.7. The van der Waals surface area contributed by atoms with Gasteiger partial charge in [-0.05, 0) is 49.2 Å². The largest absolute Gasteiger partial charge is 0.342 e. The maximum absolute atomic E-state index is 12.8. The topological polar surface area (TPSA) is 54.7 Å². The van der Waals surface area contributed by atoms with Gasteiger partial charge in [0.05, 0.1) is 11.9 Å². The number of benzene rings is 1. The number of nitrogens with two attached hydrogens (primary N) is 1. The molecule has 1 aromatic heterocycles. The molecule has 0 unspecified atom stereocenters. The number of halogens is 1. The van der Waals surface area contributed by atoms with Gasteiger partial charge in [0.25, 0.3) is 0 Å². The van der Waals surface area contributed by atoms with Crippen LogP contribution in [-0.4, -0.2) is 16.5 Å². The molecule has 2 rings (SSSR count). The summed E-state index contributed by atoms with van der Waals surface area (Å²) in [7, 11) is 0. The SMILES string of the molecule is NCCCCCCc1ncc(-c2ccc(F)cc2)[nH]1. The quantitative estimate of drug-likeness (QED) is 0.751. The van der Waals surface area contributed by atoms with E-state index in [4.69, 9.17) is 5.73 Å². The third-order valence-electron chi connectivity index (χ3n) is 3.15. The third-order valence-corrected chi connectivity index (χ3v) is 3.15. The number of hydrogen-bond donors (Lipinski definition) is 2. The molecule has 102 valence electrons. The van der Waals surface area contributed by atoms with Gasteiger partial charge in [-0.1, -0.05) is 12.8 Å². The number of unbranched alkanes of at least 4 members (excludes halogenated alkanes) is 3. The lowest BCUT2D eigenvalue weighted by atomic mass is 10.1. The van der Waals surface area contributed by atoms with Crippen molar-refractivity contribution in [2.45, 2.75) is 32.1 Å². The maximum Gasteiger partial charge on any atom is 0.123 e. The van der Waals surface area contributed by atoms with E-state index in [0.717, 1.165) is 42.9 Å². The molecule has 1 aromatic carbocycles. The van der Waals surface area contributed by atoms with Crippen LogP contribution in [0.1, 0.15) is 31.5 Å². The molecule has 4 heteroatoms. The van der Waals surface area contributed by atoms with Crippen molar-refractivity contribution in [2.24, 2.45) is 5.73 Å². The molecule has 0 atom stereocenters. The van der Waals surface area contributed by atoms with Crippen molar-refractivity contribution in [3.63, 3.8) is 0 Å². The fourth-order valence-electron chi connectivity index (χ4n) is 2.06. The van der Waals surface area contributed by atoms with Gasteiger partial charge >= 0.3 is 0 Å². The van der Waals surface area contributed by atoms with Gasteiger partial charge in [-0.15, -0.1) is 0 Å². The first-order chi connectivity index (χ1) is 9.29. The van der Waals surface area contributed by atoms with E-state index >= 15 is 0 Å². The number of aryl methyl sites for hydroxylation is 1. The van der Waals surface area contributed by atoms with Crippen molar-refractivity contribution in [1.29, 1.82) is 0 Å². The molecule has 0 bridgehead atoms. The summed E-state index contributed by atoms with van der Waals surface area (Å²) in [5.41, 5.74) is 7.36. The van der Waals surface area contributed by atoms with Gasteiger partial charge in [-0.2, -0.15) is 0 Å². The van der Waals surface area contributed by atoms with Crippen molar-refractivity contribution >= 4 is 0 Å². The number of nitrogens with one attached hydrogen (secondary N) is 1. The summed E-state index contributed by atoms with van der Waals surface area (Å²) in [5, 5.41) is 0. The predicted octanol–water partition coefficient (Wildman–Crippen LogP) is 3.28. The second-order valence-corrected chi connectivity index (χ2v) is 4.70. The number of nitrogens with zero attached hydrogens (tertiary/aromatic N) is 1. The van der Waals surface area contributed by atoms with Gasteiger partial charge in [0.1, 0.15) is 11.6 Å². The molecule has 1 heterocycles. The number of rotatable bonds is 7. The van der Waals surface area contributed by atoms with Crippen LogP contribution in [0.5, 0.6) is 0 Å². The molecule has 0 aliphatic rings. The average Bonchev–Trinajstić information content (AvgIpc) is 2.88. The number of H-pyrrole nitrogens is 1. The number of imidazole rings is 1. The Kier molecular flexibility index (Phi) is 5.10. The van der Waals surface area contributed by atoms with E-state index in [0.29, 0.717) is 0 Å². The van der Waals surface area contributed by atoms with Crippen molar-refractivity contribution in [2.75, 3.05) is 6.54 Å². The van der Waals surface area contributed by atoms with Gasteiger partial charge in [0.2, 0.25) is 0 Å². The number of aromatic amines is 1. The van der Waals surface area contributed by atoms with E-state index in [-0.39, 0.29) is 5.82 Å². The number of aromatic nitrogens is 2. The summed E-state index contributed by atoms with van der Waals surface area (Å²) in [5.74, 6) is 0.774. The molecule has 0 saturated heterocycles. The van der Waals surface area contributed by atoms with Crippen LogP contribution in [0.4, 0.5) is 4.39 Å². The number of hydrogen-bond acceptors (Lipinski definition) is 2. The highest BCUT2D eigenvalue weighted by Gasteiger charge is 2.03. The smallest absolute Gasteiger partial charge is 0.123 e. The Bertz CT molecular complexity index is 490. The molecule has 0 aliphatic carbocycles. The Morgan fingerprint density at radius 2 is 1.79 bits per heavy atom. The van der Waals surface area contributed by atoms with Crippen LogP contribution in [0.15, 0.2) is 30.5 Å². The summed E-state index contributed by atoms with van der Waals surface area (Å²) in [6.07, 6.45) is 7.34. The Hall–Kier alpha value is -1.68. The van der Waals surface area contributed by atoms with Crippen molar-refractivity contribution < 1.29 is 4.39 Å². The molecule has 2 aromatic rings. The van der Waals surface area contributed by atoms with Crippen LogP contribution >= 0.6 is 0 Å². The zero-order valence-electron chi connectivity index (χ0n) is 11.0. The first-order valence-electron chi connectivity index (χ1n) is 6.79. The highest BCUT2D eigenvalue weighted by atomic mass is 19.1. The van der Waals surface area contributed by atoms with E-state index in [1.54, 1.807) is 12.1 Å². The summed E-state index contributed by atoms with van der Waals surface area (Å²) < 4.78 is 12.8. The summed E-state index contributed by atoms with van der Waals surface area (Å²) in [6.45, 7) is 0.773. The van der Waals surface area contributed by atoms with Gasteiger partial charge in [0.15, 0.2) is 0 Å². The minimum absolute atomic E-state index is 0.219. The fourth-order valence-corrected chi connectivity index (χ4v) is 2.06. The molecular weight excluding hydrogens is 241 g/mol. The lowest BCUT2D eigenvalue weighted by Gasteiger charge is -1.99. The van der Waals surface area contributed by atoms with Crippen LogP contribution in [0.2, 0.25) is 0 Å². The average molecular weight is 261 g/mol. The molecule has 19 heavy (non-hydrogen) atoms. The standard InChI is InChI=1S/C15H20FN3/c16-13-8-6-12(7-9-13)14-11-18-15(19-14)5-3-1-2-4-10-17/h6-9,11H,1-5,10,17H2,(H,18,19). The minimum Gasteiger partial charge on any atom is -0.342 e. The first-order valence-corrected chi connectivity index (χ1v) is 6.79. The van der Waals surface area contributed by atoms with Crippen LogP contribution in [0.3, 0.4) is 0 Å². The Morgan fingerprint density at radius 3 is 2.53 bits per heavy atom. The van der Waals surface area contributed by atoms with Gasteiger partial charge < -0.3 is 10.7 Å². The molecule has 0 amide bonds. The van der Waals surface area contributed by atoms with Crippen molar-refractivity contribution in [3.8, 4) is 11.3 Å². The van der Waals surface area contributed by atoms with Crippen LogP contribution < -0.4 is 5.73 Å². The Labute approximate surface area is 113 Å². The normalized spacial score (nSPS) is 10.8. The fraction of sp³-hybridized carbons (Fsp3) is 0.400. The lowest BCUT2D eigenvalue weighted by Crippen LogP contribution is -1.98. The predicted molar refractivity (Wildman–Crippen MR) is 75.2 cm³/mol. The molecule has 3 N–H and O–H groups in total. The summed E-state index contributed by atoms with van der Waals surface area (Å²) >= 11 is 0. The maximum atomic E-state index is 12.8. The molecule has 3 nitrogen and oxygen atoms in total. The summed E-state index contributed by atoms with van der Waals surface area (Å²) in [6, 6.07) is 6.44. The Morgan fingerprint density at radius 1 is 1.05 bits per heavy atom. The highest BCUT2D eigenvalue weighted by Crippen LogP contribution is 2.18. The molecule has 0 fully saturated rings. The van der Waals surface area contributed by atoms with Crippen molar-refractivity contribution in [3.05, 3.63) is 42.1 Å². The van der Waals surface area contributed by atoms with Gasteiger partial charge in [-0.25, -0.2) is 9.37 Å². The molecular formula is C15H20FN3. The Balaban J connectivity index is 1.86. The molecule has 0 spiro atoms. The molecule has 0 radical (unpaired) electrons. The van der Waals surface area contributed by atoms with Crippen LogP contribution in [0.25, 0.3) is 11.3 Å². The lowest BCUT2D eigenvalue weighted by molar-refractivity contribution is 0.628. The second kappa shape index (κ2) is 7.04. The van der Waals surface area contributed by atoms with E-state index < -0.39 is 0 Å². The molecule has 0 saturated carbocycles. The van der Waals surface area contributed by atoms with E-state index in [1.165, 1.54) is 25.0 Å². The van der Waals surface area contributed by atoms with Gasteiger partial charge in [0, 0.05) is 6.42 Å². The van der Waals surface area contributed by atoms with Crippen LogP contribution in [0, 0.1) is 5.82 Å². The highest BCUT2D eigenvalue weighted by molar-refractivity contribution is 5.58. The van der Waals surface area contributed by atoms with E-state index in [2.05, 4.69) is 9.97 Å². The van der Waals surface area contributed by atoms with Crippen molar-refractivity contribution in [1.82, 2.24) is 9.97 Å². The van der Waals surface area contributed by atoms with Crippen LogP contribution in [-0.2, 0) is 6.42 Å². The zero-order chi connectivity index (χ0) is 13.5.